The van der Waals surface area contributed by atoms with Crippen molar-refractivity contribution in [2.24, 2.45) is 0 Å². The predicted molar refractivity (Wildman–Crippen MR) is 118 cm³/mol. The number of piperidine rings is 1. The molecule has 1 unspecified atom stereocenters. The summed E-state index contributed by atoms with van der Waals surface area (Å²) in [5.41, 5.74) is 4.17. The Morgan fingerprint density at radius 3 is 2.83 bits per heavy atom. The molecule has 1 fully saturated rings. The number of likely N-dealkylation sites (tertiary alicyclic amines) is 1. The second kappa shape index (κ2) is 8.10. The fourth-order valence-corrected chi connectivity index (χ4v) is 5.19. The molecule has 5 heteroatoms. The minimum absolute atomic E-state index is 0.0126. The number of quaternary nitrogens is 1. The van der Waals surface area contributed by atoms with E-state index >= 15 is 0 Å². The highest BCUT2D eigenvalue weighted by molar-refractivity contribution is 6.34. The third-order valence-electron chi connectivity index (χ3n) is 6.54. The highest BCUT2D eigenvalue weighted by Gasteiger charge is 2.49. The number of amides is 1. The Morgan fingerprint density at radius 1 is 1.28 bits per heavy atom. The molecule has 29 heavy (non-hydrogen) atoms. The molecule has 2 aliphatic rings. The lowest BCUT2D eigenvalue weighted by molar-refractivity contribution is -0.915. The highest BCUT2D eigenvalue weighted by atomic mass is 35.5. The minimum Gasteiger partial charge on any atom is -0.376 e. The summed E-state index contributed by atoms with van der Waals surface area (Å²) in [4.78, 5) is 15.6. The van der Waals surface area contributed by atoms with Gasteiger partial charge in [0.2, 0.25) is 0 Å². The molecule has 4 nitrogen and oxygen atoms in total. The Hall–Kier alpha value is -1.88. The zero-order valence-electron chi connectivity index (χ0n) is 17.5. The maximum Gasteiger partial charge on any atom is 0.260 e. The van der Waals surface area contributed by atoms with E-state index in [2.05, 4.69) is 32.2 Å². The van der Waals surface area contributed by atoms with Crippen LogP contribution in [0.1, 0.15) is 40.7 Å². The first kappa shape index (κ1) is 20.4. The maximum atomic E-state index is 13.6. The largest absolute Gasteiger partial charge is 0.376 e. The van der Waals surface area contributed by atoms with E-state index in [9.17, 15) is 4.79 Å². The molecule has 0 aliphatic carbocycles. The van der Waals surface area contributed by atoms with E-state index in [0.717, 1.165) is 49.4 Å². The number of hydrogen-bond acceptors (Lipinski definition) is 2. The van der Waals surface area contributed by atoms with Crippen LogP contribution in [0.25, 0.3) is 0 Å². The molecular formula is C24H30ClN2O2+. The Labute approximate surface area is 178 Å². The Balaban J connectivity index is 1.68. The highest BCUT2D eigenvalue weighted by Crippen LogP contribution is 2.47. The molecule has 4 rings (SSSR count). The van der Waals surface area contributed by atoms with Crippen molar-refractivity contribution in [2.45, 2.75) is 32.2 Å². The quantitative estimate of drug-likeness (QED) is 0.527. The van der Waals surface area contributed by atoms with E-state index in [1.807, 2.05) is 30.0 Å². The van der Waals surface area contributed by atoms with Crippen LogP contribution in [0.4, 0.5) is 5.69 Å². The fraction of sp³-hybridized carbons (Fsp3) is 0.458. The molecule has 0 N–H and O–H groups in total. The first-order valence-electron chi connectivity index (χ1n) is 10.5. The topological polar surface area (TPSA) is 29.5 Å². The van der Waals surface area contributed by atoms with Gasteiger partial charge < -0.3 is 14.1 Å². The average molecular weight is 414 g/mol. The fourth-order valence-electron chi connectivity index (χ4n) is 4.97. The van der Waals surface area contributed by atoms with Crippen LogP contribution >= 0.6 is 11.6 Å². The molecular weight excluding hydrogens is 384 g/mol. The Kier molecular flexibility index (Phi) is 5.69. The lowest BCUT2D eigenvalue weighted by Crippen LogP contribution is -2.57. The number of rotatable bonds is 5. The normalized spacial score (nSPS) is 25.6. The van der Waals surface area contributed by atoms with E-state index in [1.54, 1.807) is 6.07 Å². The SMILES string of the molecule is CCOCC[N+]1(C)CC[C@@H]2[C@@H](C1)c1cc(C)ccc1N2C(=O)c1ccccc1Cl. The number of likely N-dealkylation sites (N-methyl/N-ethyl adjacent to an activating group) is 1. The molecule has 0 radical (unpaired) electrons. The van der Waals surface area contributed by atoms with Gasteiger partial charge in [0, 0.05) is 18.7 Å². The van der Waals surface area contributed by atoms with Gasteiger partial charge in [-0.1, -0.05) is 41.4 Å². The van der Waals surface area contributed by atoms with E-state index in [0.29, 0.717) is 16.5 Å². The van der Waals surface area contributed by atoms with Gasteiger partial charge in [-0.15, -0.1) is 0 Å². The van der Waals surface area contributed by atoms with E-state index in [4.69, 9.17) is 16.3 Å². The third kappa shape index (κ3) is 3.81. The molecule has 0 spiro atoms. The number of halogens is 1. The van der Waals surface area contributed by atoms with Crippen molar-refractivity contribution in [2.75, 3.05) is 44.8 Å². The van der Waals surface area contributed by atoms with Crippen molar-refractivity contribution in [3.8, 4) is 0 Å². The molecule has 2 heterocycles. The summed E-state index contributed by atoms with van der Waals surface area (Å²) in [7, 11) is 2.32. The van der Waals surface area contributed by atoms with Crippen molar-refractivity contribution in [3.63, 3.8) is 0 Å². The Bertz CT molecular complexity index is 916. The van der Waals surface area contributed by atoms with Crippen molar-refractivity contribution in [1.82, 2.24) is 0 Å². The van der Waals surface area contributed by atoms with Gasteiger partial charge in [-0.3, -0.25) is 4.79 Å². The molecule has 2 aromatic rings. The van der Waals surface area contributed by atoms with Crippen LogP contribution in [0.15, 0.2) is 42.5 Å². The molecule has 154 valence electrons. The van der Waals surface area contributed by atoms with Crippen LogP contribution in [0.3, 0.4) is 0 Å². The second-order valence-corrected chi connectivity index (χ2v) is 9.03. The third-order valence-corrected chi connectivity index (χ3v) is 6.87. The molecule has 0 saturated carbocycles. The van der Waals surface area contributed by atoms with Gasteiger partial charge in [-0.05, 0) is 37.6 Å². The number of carbonyl (C=O) groups excluding carboxylic acids is 1. The number of anilines is 1. The molecule has 0 aromatic heterocycles. The minimum atomic E-state index is 0.0126. The van der Waals surface area contributed by atoms with Gasteiger partial charge in [-0.25, -0.2) is 0 Å². The summed E-state index contributed by atoms with van der Waals surface area (Å²) in [6.45, 7) is 8.80. The number of nitrogens with zero attached hydrogens (tertiary/aromatic N) is 2. The summed E-state index contributed by atoms with van der Waals surface area (Å²) in [6.07, 6.45) is 0.983. The van der Waals surface area contributed by atoms with E-state index in [-0.39, 0.29) is 11.9 Å². The van der Waals surface area contributed by atoms with Gasteiger partial charge in [0.1, 0.15) is 6.54 Å². The van der Waals surface area contributed by atoms with Gasteiger partial charge in [0.05, 0.1) is 49.3 Å². The van der Waals surface area contributed by atoms with Crippen molar-refractivity contribution in [1.29, 1.82) is 0 Å². The zero-order valence-corrected chi connectivity index (χ0v) is 18.3. The molecule has 1 saturated heterocycles. The lowest BCUT2D eigenvalue weighted by Gasteiger charge is -2.44. The first-order chi connectivity index (χ1) is 13.9. The van der Waals surface area contributed by atoms with Gasteiger partial charge >= 0.3 is 0 Å². The molecule has 1 amide bonds. The summed E-state index contributed by atoms with van der Waals surface area (Å²) in [5.74, 6) is 0.357. The molecule has 2 aromatic carbocycles. The van der Waals surface area contributed by atoms with Crippen LogP contribution in [0, 0.1) is 6.92 Å². The van der Waals surface area contributed by atoms with Crippen molar-refractivity contribution in [3.05, 3.63) is 64.2 Å². The molecule has 3 atom stereocenters. The predicted octanol–water partition coefficient (Wildman–Crippen LogP) is 4.65. The number of carbonyl (C=O) groups is 1. The Morgan fingerprint density at radius 2 is 2.07 bits per heavy atom. The van der Waals surface area contributed by atoms with Gasteiger partial charge in [0.25, 0.3) is 5.91 Å². The van der Waals surface area contributed by atoms with Crippen LogP contribution < -0.4 is 4.90 Å². The monoisotopic (exact) mass is 413 g/mol. The van der Waals surface area contributed by atoms with E-state index in [1.165, 1.54) is 11.1 Å². The molecule has 0 bridgehead atoms. The summed E-state index contributed by atoms with van der Waals surface area (Å²) < 4.78 is 6.63. The zero-order chi connectivity index (χ0) is 20.6. The standard InChI is InChI=1S/C24H30ClN2O2/c1-4-29-14-13-27(3)12-11-23-20(16-27)19-15-17(2)9-10-22(19)26(23)24(28)18-7-5-6-8-21(18)25/h5-10,15,20,23H,4,11-14,16H2,1-3H3/q+1/t20-,23+,27?/m0/s1. The number of benzene rings is 2. The van der Waals surface area contributed by atoms with Crippen LogP contribution in [0.2, 0.25) is 5.02 Å². The van der Waals surface area contributed by atoms with Gasteiger partial charge in [0.15, 0.2) is 0 Å². The average Bonchev–Trinajstić information content (AvgIpc) is 3.00. The summed E-state index contributed by atoms with van der Waals surface area (Å²) in [5, 5.41) is 0.516. The maximum absolute atomic E-state index is 13.6. The summed E-state index contributed by atoms with van der Waals surface area (Å²) in [6, 6.07) is 14.0. The van der Waals surface area contributed by atoms with Crippen LogP contribution in [-0.4, -0.2) is 56.3 Å². The van der Waals surface area contributed by atoms with E-state index < -0.39 is 0 Å². The van der Waals surface area contributed by atoms with Crippen molar-refractivity contribution < 1.29 is 14.0 Å². The van der Waals surface area contributed by atoms with Crippen molar-refractivity contribution >= 4 is 23.2 Å². The van der Waals surface area contributed by atoms with Crippen LogP contribution in [-0.2, 0) is 4.74 Å². The number of ether oxygens (including phenoxy) is 1. The smallest absolute Gasteiger partial charge is 0.260 e. The van der Waals surface area contributed by atoms with Crippen LogP contribution in [0.5, 0.6) is 0 Å². The molecule has 2 aliphatic heterocycles. The lowest BCUT2D eigenvalue weighted by atomic mass is 9.87. The van der Waals surface area contributed by atoms with Gasteiger partial charge in [-0.2, -0.15) is 0 Å². The number of aryl methyl sites for hydroxylation is 1. The second-order valence-electron chi connectivity index (χ2n) is 8.63. The number of hydrogen-bond donors (Lipinski definition) is 0. The number of fused-ring (bicyclic) bond motifs is 3. The summed E-state index contributed by atoms with van der Waals surface area (Å²) >= 11 is 6.38. The first-order valence-corrected chi connectivity index (χ1v) is 10.9.